The molecule has 1 aliphatic rings. The predicted molar refractivity (Wildman–Crippen MR) is 86.0 cm³/mol. The highest BCUT2D eigenvalue weighted by Gasteiger charge is 2.25. The van der Waals surface area contributed by atoms with Crippen LogP contribution in [0.2, 0.25) is 10.0 Å². The van der Waals surface area contributed by atoms with E-state index in [-0.39, 0.29) is 5.91 Å². The third-order valence-electron chi connectivity index (χ3n) is 3.35. The average molecular weight is 371 g/mol. The summed E-state index contributed by atoms with van der Waals surface area (Å²) in [5.41, 5.74) is 2.69. The third-order valence-corrected chi connectivity index (χ3v) is 4.58. The van der Waals surface area contributed by atoms with Gasteiger partial charge in [0.25, 0.3) is 5.91 Å². The molecule has 0 radical (unpaired) electrons. The molecule has 0 N–H and O–H groups in total. The molecule has 1 amide bonds. The van der Waals surface area contributed by atoms with E-state index in [0.717, 1.165) is 16.6 Å². The van der Waals surface area contributed by atoms with Crippen molar-refractivity contribution in [2.75, 3.05) is 11.4 Å². The van der Waals surface area contributed by atoms with E-state index in [1.807, 2.05) is 12.1 Å². The number of hydrogen-bond donors (Lipinski definition) is 0. The quantitative estimate of drug-likeness (QED) is 0.694. The Bertz CT molecular complexity index is 702. The molecule has 0 aliphatic carbocycles. The molecule has 0 fully saturated rings. The van der Waals surface area contributed by atoms with Gasteiger partial charge in [-0.05, 0) is 48.4 Å². The van der Waals surface area contributed by atoms with Crippen LogP contribution in [0.4, 0.5) is 5.69 Å². The van der Waals surface area contributed by atoms with Crippen LogP contribution in [0.5, 0.6) is 0 Å². The van der Waals surface area contributed by atoms with Crippen LogP contribution in [0.1, 0.15) is 15.9 Å². The first kappa shape index (κ1) is 13.9. The van der Waals surface area contributed by atoms with Crippen LogP contribution < -0.4 is 4.90 Å². The summed E-state index contributed by atoms with van der Waals surface area (Å²) in [6, 6.07) is 10.9. The van der Waals surface area contributed by atoms with Crippen molar-refractivity contribution in [1.29, 1.82) is 0 Å². The fraction of sp³-hybridized carbons (Fsp3) is 0.133. The molecule has 0 saturated heterocycles. The second-order valence-electron chi connectivity index (χ2n) is 4.61. The summed E-state index contributed by atoms with van der Waals surface area (Å²) >= 11 is 15.3. The molecule has 1 heterocycles. The van der Waals surface area contributed by atoms with E-state index < -0.39 is 0 Å². The van der Waals surface area contributed by atoms with Crippen molar-refractivity contribution >= 4 is 50.7 Å². The van der Waals surface area contributed by atoms with Crippen molar-refractivity contribution in [2.45, 2.75) is 6.42 Å². The zero-order valence-corrected chi connectivity index (χ0v) is 13.5. The Labute approximate surface area is 135 Å². The summed E-state index contributed by atoms with van der Waals surface area (Å²) in [7, 11) is 0. The number of fused-ring (bicyclic) bond motifs is 1. The summed E-state index contributed by atoms with van der Waals surface area (Å²) in [6.45, 7) is 0.685. The summed E-state index contributed by atoms with van der Waals surface area (Å²) in [4.78, 5) is 14.3. The number of anilines is 1. The molecule has 102 valence electrons. The maximum atomic E-state index is 12.6. The molecule has 0 spiro atoms. The summed E-state index contributed by atoms with van der Waals surface area (Å²) in [6.07, 6.45) is 0.863. The van der Waals surface area contributed by atoms with Crippen LogP contribution in [-0.2, 0) is 6.42 Å². The Hall–Kier alpha value is -1.03. The molecular formula is C15H10BrCl2NO. The molecule has 3 rings (SSSR count). The number of nitrogens with zero attached hydrogens (tertiary/aromatic N) is 1. The van der Waals surface area contributed by atoms with Gasteiger partial charge >= 0.3 is 0 Å². The highest BCUT2D eigenvalue weighted by atomic mass is 79.9. The van der Waals surface area contributed by atoms with Gasteiger partial charge in [0.05, 0.1) is 10.0 Å². The number of rotatable bonds is 1. The first-order chi connectivity index (χ1) is 9.56. The van der Waals surface area contributed by atoms with Gasteiger partial charge in [-0.2, -0.15) is 0 Å². The lowest BCUT2D eigenvalue weighted by molar-refractivity contribution is 0.0989. The second-order valence-corrected chi connectivity index (χ2v) is 6.34. The zero-order valence-electron chi connectivity index (χ0n) is 10.4. The monoisotopic (exact) mass is 369 g/mol. The number of halogens is 3. The van der Waals surface area contributed by atoms with Gasteiger partial charge in [0.15, 0.2) is 0 Å². The predicted octanol–water partition coefficient (Wildman–Crippen LogP) is 4.96. The number of hydrogen-bond acceptors (Lipinski definition) is 1. The minimum absolute atomic E-state index is 0.0513. The van der Waals surface area contributed by atoms with Crippen LogP contribution in [0.15, 0.2) is 40.9 Å². The van der Waals surface area contributed by atoms with E-state index in [2.05, 4.69) is 22.0 Å². The SMILES string of the molecule is O=C(c1ccc(Cl)c(Cl)c1)N1CCc2cc(Br)ccc21. The van der Waals surface area contributed by atoms with Crippen molar-refractivity contribution in [3.05, 3.63) is 62.0 Å². The van der Waals surface area contributed by atoms with Gasteiger partial charge in [0.2, 0.25) is 0 Å². The average Bonchev–Trinajstić information content (AvgIpc) is 2.84. The van der Waals surface area contributed by atoms with Gasteiger partial charge in [0.1, 0.15) is 0 Å². The van der Waals surface area contributed by atoms with Crippen LogP contribution >= 0.6 is 39.1 Å². The van der Waals surface area contributed by atoms with Gasteiger partial charge in [-0.25, -0.2) is 0 Å². The lowest BCUT2D eigenvalue weighted by atomic mass is 10.1. The van der Waals surface area contributed by atoms with Gasteiger partial charge in [-0.15, -0.1) is 0 Å². The minimum Gasteiger partial charge on any atom is -0.308 e. The lowest BCUT2D eigenvalue weighted by Crippen LogP contribution is -2.28. The van der Waals surface area contributed by atoms with Crippen molar-refractivity contribution in [3.63, 3.8) is 0 Å². The Morgan fingerprint density at radius 1 is 1.10 bits per heavy atom. The van der Waals surface area contributed by atoms with Gasteiger partial charge in [0, 0.05) is 22.3 Å². The largest absolute Gasteiger partial charge is 0.308 e. The topological polar surface area (TPSA) is 20.3 Å². The fourth-order valence-electron chi connectivity index (χ4n) is 2.37. The first-order valence-corrected chi connectivity index (χ1v) is 7.66. The summed E-state index contributed by atoms with van der Waals surface area (Å²) in [5, 5.41) is 0.849. The highest BCUT2D eigenvalue weighted by Crippen LogP contribution is 2.32. The molecule has 2 nitrogen and oxygen atoms in total. The molecule has 5 heteroatoms. The second kappa shape index (κ2) is 5.40. The molecule has 0 saturated carbocycles. The van der Waals surface area contributed by atoms with Crippen molar-refractivity contribution < 1.29 is 4.79 Å². The first-order valence-electron chi connectivity index (χ1n) is 6.11. The number of amides is 1. The normalized spacial score (nSPS) is 13.4. The zero-order chi connectivity index (χ0) is 14.3. The van der Waals surface area contributed by atoms with Crippen LogP contribution in [-0.4, -0.2) is 12.5 Å². The number of benzene rings is 2. The summed E-state index contributed by atoms with van der Waals surface area (Å²) in [5.74, 6) is -0.0513. The number of carbonyl (C=O) groups is 1. The van der Waals surface area contributed by atoms with Crippen molar-refractivity contribution in [2.24, 2.45) is 0 Å². The molecular weight excluding hydrogens is 361 g/mol. The smallest absolute Gasteiger partial charge is 0.258 e. The van der Waals surface area contributed by atoms with Crippen LogP contribution in [0, 0.1) is 0 Å². The van der Waals surface area contributed by atoms with Crippen LogP contribution in [0.3, 0.4) is 0 Å². The molecule has 1 aliphatic heterocycles. The molecule has 0 atom stereocenters. The Balaban J connectivity index is 1.95. The highest BCUT2D eigenvalue weighted by molar-refractivity contribution is 9.10. The molecule has 0 unspecified atom stereocenters. The Morgan fingerprint density at radius 2 is 1.90 bits per heavy atom. The standard InChI is InChI=1S/C15H10BrCl2NO/c16-11-2-4-14-9(7-11)5-6-19(14)15(20)10-1-3-12(17)13(18)8-10/h1-4,7-8H,5-6H2. The van der Waals surface area contributed by atoms with E-state index in [0.29, 0.717) is 22.2 Å². The van der Waals surface area contributed by atoms with Gasteiger partial charge in [-0.3, -0.25) is 4.79 Å². The van der Waals surface area contributed by atoms with E-state index >= 15 is 0 Å². The van der Waals surface area contributed by atoms with E-state index in [1.54, 1.807) is 23.1 Å². The molecule has 2 aromatic carbocycles. The molecule has 20 heavy (non-hydrogen) atoms. The molecule has 2 aromatic rings. The third kappa shape index (κ3) is 2.46. The van der Waals surface area contributed by atoms with Gasteiger partial charge in [-0.1, -0.05) is 39.1 Å². The maximum absolute atomic E-state index is 12.6. The van der Waals surface area contributed by atoms with Crippen LogP contribution in [0.25, 0.3) is 0 Å². The maximum Gasteiger partial charge on any atom is 0.258 e. The van der Waals surface area contributed by atoms with Crippen molar-refractivity contribution in [3.8, 4) is 0 Å². The van der Waals surface area contributed by atoms with E-state index in [9.17, 15) is 4.79 Å². The lowest BCUT2D eigenvalue weighted by Gasteiger charge is -2.17. The minimum atomic E-state index is -0.0513. The summed E-state index contributed by atoms with van der Waals surface area (Å²) < 4.78 is 1.03. The Kier molecular flexibility index (Phi) is 3.76. The van der Waals surface area contributed by atoms with Crippen molar-refractivity contribution in [1.82, 2.24) is 0 Å². The van der Waals surface area contributed by atoms with Gasteiger partial charge < -0.3 is 4.90 Å². The fourth-order valence-corrected chi connectivity index (χ4v) is 3.07. The van der Waals surface area contributed by atoms with E-state index in [1.165, 1.54) is 5.56 Å². The molecule has 0 bridgehead atoms. The van der Waals surface area contributed by atoms with E-state index in [4.69, 9.17) is 23.2 Å². The molecule has 0 aromatic heterocycles. The Morgan fingerprint density at radius 3 is 2.65 bits per heavy atom. The number of carbonyl (C=O) groups excluding carboxylic acids is 1.